The Morgan fingerprint density at radius 2 is 2.23 bits per heavy atom. The van der Waals surface area contributed by atoms with E-state index in [0.717, 1.165) is 13.0 Å². The van der Waals surface area contributed by atoms with Crippen molar-refractivity contribution in [2.75, 3.05) is 13.1 Å². The second-order valence-electron chi connectivity index (χ2n) is 3.84. The van der Waals surface area contributed by atoms with Crippen molar-refractivity contribution in [3.8, 4) is 0 Å². The highest BCUT2D eigenvalue weighted by atomic mass is 16.4. The lowest BCUT2D eigenvalue weighted by Crippen LogP contribution is -2.48. The maximum atomic E-state index is 10.8. The molecular formula is C8H16BNO3. The third-order valence-corrected chi connectivity index (χ3v) is 2.84. The van der Waals surface area contributed by atoms with Gasteiger partial charge in [0.2, 0.25) is 0 Å². The minimum Gasteiger partial charge on any atom is -0.481 e. The smallest absolute Gasteiger partial charge is 0.376 e. The van der Waals surface area contributed by atoms with Gasteiger partial charge in [-0.2, -0.15) is 0 Å². The first-order valence-corrected chi connectivity index (χ1v) is 4.67. The van der Waals surface area contributed by atoms with E-state index in [0.29, 0.717) is 6.54 Å². The van der Waals surface area contributed by atoms with Gasteiger partial charge >= 0.3 is 13.0 Å². The molecule has 1 aliphatic heterocycles. The molecule has 0 saturated carbocycles. The lowest BCUT2D eigenvalue weighted by molar-refractivity contribution is -0.144. The molecule has 0 radical (unpaired) electrons. The van der Waals surface area contributed by atoms with Gasteiger partial charge in [0.1, 0.15) is 0 Å². The average Bonchev–Trinajstić information content (AvgIpc) is 2.04. The van der Waals surface area contributed by atoms with Crippen molar-refractivity contribution in [1.82, 2.24) is 4.81 Å². The molecule has 2 unspecified atom stereocenters. The van der Waals surface area contributed by atoms with E-state index in [9.17, 15) is 9.82 Å². The molecule has 0 amide bonds. The largest absolute Gasteiger partial charge is 0.481 e. The summed E-state index contributed by atoms with van der Waals surface area (Å²) in [6.45, 7) is 4.89. The summed E-state index contributed by atoms with van der Waals surface area (Å²) in [5, 5.41) is 18.2. The highest BCUT2D eigenvalue weighted by molar-refractivity contribution is 6.45. The van der Waals surface area contributed by atoms with E-state index >= 15 is 0 Å². The predicted molar refractivity (Wildman–Crippen MR) is 50.3 cm³/mol. The van der Waals surface area contributed by atoms with Crippen LogP contribution in [0.1, 0.15) is 13.3 Å². The van der Waals surface area contributed by atoms with Gasteiger partial charge in [0, 0.05) is 6.54 Å². The number of hydrogen-bond donors (Lipinski definition) is 2. The van der Waals surface area contributed by atoms with Crippen molar-refractivity contribution in [3.63, 3.8) is 0 Å². The van der Waals surface area contributed by atoms with Crippen LogP contribution in [0.2, 0.25) is 6.82 Å². The highest BCUT2D eigenvalue weighted by Gasteiger charge is 2.33. The van der Waals surface area contributed by atoms with Crippen molar-refractivity contribution >= 4 is 13.0 Å². The highest BCUT2D eigenvalue weighted by Crippen LogP contribution is 2.23. The summed E-state index contributed by atoms with van der Waals surface area (Å²) in [5.74, 6) is -0.867. The minimum absolute atomic E-state index is 0.215. The quantitative estimate of drug-likeness (QED) is 0.600. The number of rotatable bonds is 2. The van der Waals surface area contributed by atoms with Crippen LogP contribution in [0.5, 0.6) is 0 Å². The Morgan fingerprint density at radius 1 is 1.62 bits per heavy atom. The van der Waals surface area contributed by atoms with E-state index in [-0.39, 0.29) is 11.8 Å². The Bertz CT molecular complexity index is 198. The van der Waals surface area contributed by atoms with Gasteiger partial charge in [-0.15, -0.1) is 0 Å². The van der Waals surface area contributed by atoms with Gasteiger partial charge < -0.3 is 14.9 Å². The zero-order valence-electron chi connectivity index (χ0n) is 8.10. The van der Waals surface area contributed by atoms with Crippen LogP contribution < -0.4 is 0 Å². The Hall–Kier alpha value is -0.545. The van der Waals surface area contributed by atoms with Gasteiger partial charge in [0.05, 0.1) is 5.92 Å². The molecule has 0 aromatic heterocycles. The average molecular weight is 185 g/mol. The van der Waals surface area contributed by atoms with Gasteiger partial charge in [-0.3, -0.25) is 4.79 Å². The number of aliphatic carboxylic acids is 1. The maximum absolute atomic E-state index is 10.8. The van der Waals surface area contributed by atoms with Gasteiger partial charge in [-0.1, -0.05) is 6.92 Å². The summed E-state index contributed by atoms with van der Waals surface area (Å²) in [6, 6.07) is 0. The van der Waals surface area contributed by atoms with Crippen LogP contribution in [0.25, 0.3) is 0 Å². The maximum Gasteiger partial charge on any atom is 0.376 e. The van der Waals surface area contributed by atoms with Crippen LogP contribution >= 0.6 is 0 Å². The number of hydrogen-bond acceptors (Lipinski definition) is 3. The summed E-state index contributed by atoms with van der Waals surface area (Å²) in [5.41, 5.74) is 0. The third-order valence-electron chi connectivity index (χ3n) is 2.84. The number of carbonyl (C=O) groups is 1. The van der Waals surface area contributed by atoms with Crippen molar-refractivity contribution in [3.05, 3.63) is 0 Å². The number of carboxylic acids is 1. The Balaban J connectivity index is 2.58. The molecule has 74 valence electrons. The van der Waals surface area contributed by atoms with E-state index < -0.39 is 13.0 Å². The van der Waals surface area contributed by atoms with Crippen molar-refractivity contribution in [1.29, 1.82) is 0 Å². The van der Waals surface area contributed by atoms with Crippen LogP contribution in [0.4, 0.5) is 0 Å². The summed E-state index contributed by atoms with van der Waals surface area (Å²) < 4.78 is 0. The monoisotopic (exact) mass is 185 g/mol. The second-order valence-corrected chi connectivity index (χ2v) is 3.84. The van der Waals surface area contributed by atoms with Crippen LogP contribution in [0, 0.1) is 11.8 Å². The van der Waals surface area contributed by atoms with Crippen LogP contribution in [-0.4, -0.2) is 41.1 Å². The number of piperidine rings is 1. The van der Waals surface area contributed by atoms with Gasteiger partial charge in [0.25, 0.3) is 0 Å². The van der Waals surface area contributed by atoms with Gasteiger partial charge in [-0.25, -0.2) is 0 Å². The van der Waals surface area contributed by atoms with Crippen LogP contribution in [0.15, 0.2) is 0 Å². The molecule has 1 heterocycles. The molecule has 2 N–H and O–H groups in total. The normalized spacial score (nSPS) is 30.1. The SMILES string of the molecule is CB(O)N1CCC(C)C(C(=O)O)C1. The molecule has 1 fully saturated rings. The predicted octanol–water partition coefficient (Wildman–Crippen LogP) is 0.139. The summed E-state index contributed by atoms with van der Waals surface area (Å²) >= 11 is 0. The lowest BCUT2D eigenvalue weighted by atomic mass is 9.77. The van der Waals surface area contributed by atoms with Crippen molar-refractivity contribution < 1.29 is 14.9 Å². The molecule has 13 heavy (non-hydrogen) atoms. The summed E-state index contributed by atoms with van der Waals surface area (Å²) in [4.78, 5) is 12.6. The fraction of sp³-hybridized carbons (Fsp3) is 0.875. The number of carboxylic acid groups (broad SMARTS) is 1. The molecule has 0 spiro atoms. The topological polar surface area (TPSA) is 60.8 Å². The molecular weight excluding hydrogens is 169 g/mol. The molecule has 0 bridgehead atoms. The first-order chi connectivity index (χ1) is 6.02. The van der Waals surface area contributed by atoms with Gasteiger partial charge in [-0.05, 0) is 25.7 Å². The summed E-state index contributed by atoms with van der Waals surface area (Å²) in [7, 11) is -0.533. The molecule has 1 aliphatic rings. The second kappa shape index (κ2) is 4.11. The fourth-order valence-electron chi connectivity index (χ4n) is 1.76. The molecule has 5 heteroatoms. The zero-order chi connectivity index (χ0) is 10.0. The third kappa shape index (κ3) is 2.45. The number of nitrogens with zero attached hydrogens (tertiary/aromatic N) is 1. The van der Waals surface area contributed by atoms with E-state index in [4.69, 9.17) is 5.11 Å². The van der Waals surface area contributed by atoms with E-state index in [2.05, 4.69) is 0 Å². The molecule has 1 saturated heterocycles. The molecule has 0 aromatic rings. The Morgan fingerprint density at radius 3 is 2.69 bits per heavy atom. The summed E-state index contributed by atoms with van der Waals surface area (Å²) in [6.07, 6.45) is 0.849. The molecule has 4 nitrogen and oxygen atoms in total. The van der Waals surface area contributed by atoms with Crippen LogP contribution in [-0.2, 0) is 4.79 Å². The van der Waals surface area contributed by atoms with E-state index in [1.807, 2.05) is 6.92 Å². The van der Waals surface area contributed by atoms with Gasteiger partial charge in [0.15, 0.2) is 0 Å². The molecule has 0 aromatic carbocycles. The Labute approximate surface area is 78.7 Å². The first kappa shape index (κ1) is 10.5. The van der Waals surface area contributed by atoms with E-state index in [1.54, 1.807) is 11.6 Å². The fourth-order valence-corrected chi connectivity index (χ4v) is 1.76. The van der Waals surface area contributed by atoms with Crippen molar-refractivity contribution in [2.45, 2.75) is 20.2 Å². The molecule has 0 aliphatic carbocycles. The van der Waals surface area contributed by atoms with E-state index in [1.165, 1.54) is 0 Å². The van der Waals surface area contributed by atoms with Crippen molar-refractivity contribution in [2.24, 2.45) is 11.8 Å². The molecule has 2 atom stereocenters. The minimum atomic E-state index is -0.752. The standard InChI is InChI=1S/C8H16BNO3/c1-6-3-4-10(9(2)13)5-7(6)8(11)12/h6-7,13H,3-5H2,1-2H3,(H,11,12). The lowest BCUT2D eigenvalue weighted by Gasteiger charge is -2.35. The molecule has 1 rings (SSSR count). The Kier molecular flexibility index (Phi) is 3.33. The van der Waals surface area contributed by atoms with Crippen LogP contribution in [0.3, 0.4) is 0 Å². The first-order valence-electron chi connectivity index (χ1n) is 4.67. The zero-order valence-corrected chi connectivity index (χ0v) is 8.10.